The van der Waals surface area contributed by atoms with Gasteiger partial charge in [-0.3, -0.25) is 4.98 Å². The Balaban J connectivity index is 1.52. The van der Waals surface area contributed by atoms with Crippen LogP contribution in [0.15, 0.2) is 30.7 Å². The predicted molar refractivity (Wildman–Crippen MR) is 81.4 cm³/mol. The topological polar surface area (TPSA) is 51.1 Å². The monoisotopic (exact) mass is 302 g/mol. The summed E-state index contributed by atoms with van der Waals surface area (Å²) in [6.07, 6.45) is 6.83. The van der Waals surface area contributed by atoms with Crippen LogP contribution in [-0.4, -0.2) is 34.6 Å². The van der Waals surface area contributed by atoms with Crippen LogP contribution in [0.25, 0.3) is 0 Å². The first-order valence-electron chi connectivity index (χ1n) is 7.50. The second-order valence-corrected chi connectivity index (χ2v) is 5.50. The van der Waals surface area contributed by atoms with Crippen LogP contribution in [0.1, 0.15) is 18.5 Å². The highest BCUT2D eigenvalue weighted by Gasteiger charge is 2.22. The van der Waals surface area contributed by atoms with Crippen molar-refractivity contribution in [1.82, 2.24) is 15.0 Å². The Morgan fingerprint density at radius 2 is 1.95 bits per heavy atom. The largest absolute Gasteiger partial charge is 0.476 e. The zero-order valence-corrected chi connectivity index (χ0v) is 12.6. The number of hydrogen-bond acceptors (Lipinski definition) is 5. The van der Waals surface area contributed by atoms with Crippen molar-refractivity contribution in [2.24, 2.45) is 5.92 Å². The summed E-state index contributed by atoms with van der Waals surface area (Å²) >= 11 is 0. The fraction of sp³-hybridized carbons (Fsp3) is 0.438. The van der Waals surface area contributed by atoms with E-state index >= 15 is 0 Å². The SMILES string of the molecule is Cc1nccnc1OCC1CCN(c2ncccc2F)CC1. The minimum Gasteiger partial charge on any atom is -0.476 e. The molecule has 0 spiro atoms. The van der Waals surface area contributed by atoms with Gasteiger partial charge in [-0.05, 0) is 37.8 Å². The van der Waals surface area contributed by atoms with E-state index < -0.39 is 0 Å². The van der Waals surface area contributed by atoms with Crippen molar-refractivity contribution in [3.8, 4) is 5.88 Å². The molecule has 0 amide bonds. The Bertz CT molecular complexity index is 629. The molecule has 0 aliphatic carbocycles. The quantitative estimate of drug-likeness (QED) is 0.869. The highest BCUT2D eigenvalue weighted by molar-refractivity contribution is 5.39. The Labute approximate surface area is 129 Å². The Morgan fingerprint density at radius 3 is 2.68 bits per heavy atom. The van der Waals surface area contributed by atoms with E-state index in [9.17, 15) is 4.39 Å². The lowest BCUT2D eigenvalue weighted by molar-refractivity contribution is 0.213. The third-order valence-electron chi connectivity index (χ3n) is 3.95. The van der Waals surface area contributed by atoms with Crippen LogP contribution in [0.3, 0.4) is 0 Å². The maximum atomic E-state index is 13.7. The molecular weight excluding hydrogens is 283 g/mol. The van der Waals surface area contributed by atoms with E-state index in [2.05, 4.69) is 15.0 Å². The smallest absolute Gasteiger partial charge is 0.235 e. The van der Waals surface area contributed by atoms with Gasteiger partial charge in [0, 0.05) is 31.7 Å². The van der Waals surface area contributed by atoms with Crippen LogP contribution < -0.4 is 9.64 Å². The van der Waals surface area contributed by atoms with Gasteiger partial charge in [0.05, 0.1) is 12.3 Å². The van der Waals surface area contributed by atoms with Crippen molar-refractivity contribution in [2.75, 3.05) is 24.6 Å². The molecule has 6 heteroatoms. The molecule has 0 bridgehead atoms. The van der Waals surface area contributed by atoms with Gasteiger partial charge < -0.3 is 9.64 Å². The molecule has 2 aromatic heterocycles. The molecular formula is C16H19FN4O. The number of aromatic nitrogens is 3. The van der Waals surface area contributed by atoms with Gasteiger partial charge in [0.25, 0.3) is 0 Å². The molecule has 0 saturated carbocycles. The Kier molecular flexibility index (Phi) is 4.46. The summed E-state index contributed by atoms with van der Waals surface area (Å²) in [5, 5.41) is 0. The van der Waals surface area contributed by atoms with Gasteiger partial charge in [-0.1, -0.05) is 0 Å². The molecule has 0 unspecified atom stereocenters. The van der Waals surface area contributed by atoms with Gasteiger partial charge >= 0.3 is 0 Å². The van der Waals surface area contributed by atoms with Gasteiger partial charge in [0.2, 0.25) is 5.88 Å². The summed E-state index contributed by atoms with van der Waals surface area (Å²) < 4.78 is 19.5. The number of piperidine rings is 1. The molecule has 116 valence electrons. The molecule has 3 rings (SSSR count). The summed E-state index contributed by atoms with van der Waals surface area (Å²) in [5.41, 5.74) is 0.801. The second-order valence-electron chi connectivity index (χ2n) is 5.50. The summed E-state index contributed by atoms with van der Waals surface area (Å²) in [7, 11) is 0. The van der Waals surface area contributed by atoms with E-state index in [-0.39, 0.29) is 5.82 Å². The first kappa shape index (κ1) is 14.7. The van der Waals surface area contributed by atoms with Gasteiger partial charge in [-0.25, -0.2) is 14.4 Å². The lowest BCUT2D eigenvalue weighted by atomic mass is 9.98. The van der Waals surface area contributed by atoms with E-state index in [1.807, 2.05) is 11.8 Å². The van der Waals surface area contributed by atoms with Gasteiger partial charge in [-0.2, -0.15) is 0 Å². The molecule has 0 aromatic carbocycles. The fourth-order valence-electron chi connectivity index (χ4n) is 2.65. The molecule has 1 aliphatic rings. The minimum atomic E-state index is -0.257. The number of aryl methyl sites for hydroxylation is 1. The van der Waals surface area contributed by atoms with Gasteiger partial charge in [0.1, 0.15) is 0 Å². The van der Waals surface area contributed by atoms with Crippen molar-refractivity contribution >= 4 is 5.82 Å². The van der Waals surface area contributed by atoms with E-state index in [1.54, 1.807) is 24.7 Å². The predicted octanol–water partition coefficient (Wildman–Crippen LogP) is 2.61. The van der Waals surface area contributed by atoms with Crippen LogP contribution in [-0.2, 0) is 0 Å². The summed E-state index contributed by atoms with van der Waals surface area (Å²) in [6.45, 7) is 4.09. The van der Waals surface area contributed by atoms with Gasteiger partial charge in [0.15, 0.2) is 11.6 Å². The third-order valence-corrected chi connectivity index (χ3v) is 3.95. The normalized spacial score (nSPS) is 15.8. The summed E-state index contributed by atoms with van der Waals surface area (Å²) in [5.74, 6) is 1.24. The third kappa shape index (κ3) is 3.32. The zero-order valence-electron chi connectivity index (χ0n) is 12.6. The standard InChI is InChI=1S/C16H19FN4O/c1-12-16(20-8-7-18-12)22-11-13-4-9-21(10-5-13)15-14(17)3-2-6-19-15/h2-3,6-8,13H,4-5,9-11H2,1H3. The van der Waals surface area contributed by atoms with E-state index in [1.165, 1.54) is 6.07 Å². The molecule has 0 radical (unpaired) electrons. The lowest BCUT2D eigenvalue weighted by Gasteiger charge is -2.32. The second kappa shape index (κ2) is 6.68. The van der Waals surface area contributed by atoms with Crippen molar-refractivity contribution in [1.29, 1.82) is 0 Å². The number of ether oxygens (including phenoxy) is 1. The molecule has 1 aliphatic heterocycles. The average molecular weight is 302 g/mol. The fourth-order valence-corrected chi connectivity index (χ4v) is 2.65. The minimum absolute atomic E-state index is 0.257. The van der Waals surface area contributed by atoms with E-state index in [0.717, 1.165) is 31.6 Å². The van der Waals surface area contributed by atoms with E-state index in [4.69, 9.17) is 4.74 Å². The van der Waals surface area contributed by atoms with Crippen molar-refractivity contribution in [3.63, 3.8) is 0 Å². The zero-order chi connectivity index (χ0) is 15.4. The van der Waals surface area contributed by atoms with Crippen LogP contribution in [0.4, 0.5) is 10.2 Å². The van der Waals surface area contributed by atoms with Crippen LogP contribution in [0, 0.1) is 18.7 Å². The highest BCUT2D eigenvalue weighted by Crippen LogP contribution is 2.24. The summed E-state index contributed by atoms with van der Waals surface area (Å²) in [4.78, 5) is 14.5. The number of nitrogens with zero attached hydrogens (tertiary/aromatic N) is 4. The molecule has 2 aromatic rings. The lowest BCUT2D eigenvalue weighted by Crippen LogP contribution is -2.36. The molecule has 1 saturated heterocycles. The number of pyridine rings is 1. The van der Waals surface area contributed by atoms with Crippen molar-refractivity contribution in [3.05, 3.63) is 42.2 Å². The number of hydrogen-bond donors (Lipinski definition) is 0. The van der Waals surface area contributed by atoms with Gasteiger partial charge in [-0.15, -0.1) is 0 Å². The van der Waals surface area contributed by atoms with Crippen molar-refractivity contribution < 1.29 is 9.13 Å². The first-order chi connectivity index (χ1) is 10.7. The molecule has 22 heavy (non-hydrogen) atoms. The average Bonchev–Trinajstić information content (AvgIpc) is 2.55. The summed E-state index contributed by atoms with van der Waals surface area (Å²) in [6, 6.07) is 3.07. The molecule has 1 fully saturated rings. The Hall–Kier alpha value is -2.24. The van der Waals surface area contributed by atoms with Crippen LogP contribution in [0.2, 0.25) is 0 Å². The molecule has 0 N–H and O–H groups in total. The number of anilines is 1. The van der Waals surface area contributed by atoms with Crippen molar-refractivity contribution in [2.45, 2.75) is 19.8 Å². The number of halogens is 1. The van der Waals surface area contributed by atoms with E-state index in [0.29, 0.717) is 24.2 Å². The maximum Gasteiger partial charge on any atom is 0.235 e. The van der Waals surface area contributed by atoms with Crippen LogP contribution in [0.5, 0.6) is 5.88 Å². The molecule has 3 heterocycles. The Morgan fingerprint density at radius 1 is 1.18 bits per heavy atom. The molecule has 0 atom stereocenters. The maximum absolute atomic E-state index is 13.7. The molecule has 5 nitrogen and oxygen atoms in total. The highest BCUT2D eigenvalue weighted by atomic mass is 19.1. The first-order valence-corrected chi connectivity index (χ1v) is 7.50. The number of rotatable bonds is 4. The van der Waals surface area contributed by atoms with Crippen LogP contribution >= 0.6 is 0 Å².